The van der Waals surface area contributed by atoms with Crippen molar-refractivity contribution in [1.82, 2.24) is 5.43 Å². The highest BCUT2D eigenvalue weighted by molar-refractivity contribution is 7.10. The molecule has 0 saturated carbocycles. The van der Waals surface area contributed by atoms with Crippen LogP contribution in [0.2, 0.25) is 0 Å². The predicted octanol–water partition coefficient (Wildman–Crippen LogP) is 2.93. The zero-order valence-electron chi connectivity index (χ0n) is 10.9. The van der Waals surface area contributed by atoms with Crippen molar-refractivity contribution in [2.75, 3.05) is 7.11 Å². The third-order valence-electron chi connectivity index (χ3n) is 3.07. The van der Waals surface area contributed by atoms with Gasteiger partial charge in [-0.1, -0.05) is 17.7 Å². The van der Waals surface area contributed by atoms with Gasteiger partial charge in [0.15, 0.2) is 0 Å². The summed E-state index contributed by atoms with van der Waals surface area (Å²) in [6, 6.07) is 8.20. The Morgan fingerprint density at radius 3 is 2.56 bits per heavy atom. The van der Waals surface area contributed by atoms with Crippen LogP contribution in [0.4, 0.5) is 0 Å². The lowest BCUT2D eigenvalue weighted by Gasteiger charge is -2.20. The monoisotopic (exact) mass is 262 g/mol. The standard InChI is InChI=1S/C14H18N2OS/c1-9-4-5-13(17-3)12(8-9)14(16-15)11-6-7-18-10(11)2/h4-8,14,16H,15H2,1-3H3. The first-order valence-corrected chi connectivity index (χ1v) is 6.70. The van der Waals surface area contributed by atoms with Crippen molar-refractivity contribution < 1.29 is 4.74 Å². The predicted molar refractivity (Wildman–Crippen MR) is 76.0 cm³/mol. The lowest BCUT2D eigenvalue weighted by Crippen LogP contribution is -2.29. The smallest absolute Gasteiger partial charge is 0.124 e. The average Bonchev–Trinajstić information content (AvgIpc) is 2.77. The van der Waals surface area contributed by atoms with Gasteiger partial charge in [0, 0.05) is 10.4 Å². The quantitative estimate of drug-likeness (QED) is 0.658. The second kappa shape index (κ2) is 5.52. The Labute approximate surface area is 112 Å². The minimum atomic E-state index is -0.0360. The van der Waals surface area contributed by atoms with Crippen molar-refractivity contribution in [1.29, 1.82) is 0 Å². The van der Waals surface area contributed by atoms with Gasteiger partial charge in [0.2, 0.25) is 0 Å². The molecule has 0 aliphatic carbocycles. The van der Waals surface area contributed by atoms with Crippen LogP contribution in [-0.4, -0.2) is 7.11 Å². The zero-order chi connectivity index (χ0) is 13.1. The lowest BCUT2D eigenvalue weighted by atomic mass is 9.97. The number of aryl methyl sites for hydroxylation is 2. The number of hydrogen-bond donors (Lipinski definition) is 2. The first kappa shape index (κ1) is 13.1. The minimum absolute atomic E-state index is 0.0360. The number of nitrogens with one attached hydrogen (secondary N) is 1. The second-order valence-corrected chi connectivity index (χ2v) is 5.40. The van der Waals surface area contributed by atoms with Gasteiger partial charge < -0.3 is 4.74 Å². The van der Waals surface area contributed by atoms with Gasteiger partial charge in [-0.05, 0) is 36.9 Å². The number of hydrazine groups is 1. The van der Waals surface area contributed by atoms with E-state index in [1.165, 1.54) is 16.0 Å². The highest BCUT2D eigenvalue weighted by Gasteiger charge is 2.19. The van der Waals surface area contributed by atoms with Crippen molar-refractivity contribution >= 4 is 11.3 Å². The van der Waals surface area contributed by atoms with E-state index in [2.05, 4.69) is 36.8 Å². The summed E-state index contributed by atoms with van der Waals surface area (Å²) in [7, 11) is 1.68. The summed E-state index contributed by atoms with van der Waals surface area (Å²) < 4.78 is 5.43. The Balaban J connectivity index is 2.51. The number of ether oxygens (including phenoxy) is 1. The molecular weight excluding hydrogens is 244 g/mol. The molecule has 3 nitrogen and oxygen atoms in total. The molecule has 0 fully saturated rings. The molecule has 1 unspecified atom stereocenters. The molecule has 2 rings (SSSR count). The van der Waals surface area contributed by atoms with E-state index in [0.717, 1.165) is 11.3 Å². The van der Waals surface area contributed by atoms with Crippen molar-refractivity contribution in [3.63, 3.8) is 0 Å². The molecule has 18 heavy (non-hydrogen) atoms. The Kier molecular flexibility index (Phi) is 4.01. The van der Waals surface area contributed by atoms with Crippen LogP contribution in [0.15, 0.2) is 29.6 Å². The van der Waals surface area contributed by atoms with Crippen LogP contribution >= 0.6 is 11.3 Å². The highest BCUT2D eigenvalue weighted by Crippen LogP contribution is 2.33. The molecule has 0 bridgehead atoms. The Morgan fingerprint density at radius 2 is 2.00 bits per heavy atom. The SMILES string of the molecule is COc1ccc(C)cc1C(NN)c1ccsc1C. The van der Waals surface area contributed by atoms with Gasteiger partial charge in [-0.15, -0.1) is 11.3 Å². The number of rotatable bonds is 4. The van der Waals surface area contributed by atoms with Crippen molar-refractivity contribution in [2.24, 2.45) is 5.84 Å². The fourth-order valence-electron chi connectivity index (χ4n) is 2.12. The van der Waals surface area contributed by atoms with E-state index in [1.807, 2.05) is 12.1 Å². The Morgan fingerprint density at radius 1 is 1.22 bits per heavy atom. The zero-order valence-corrected chi connectivity index (χ0v) is 11.7. The third kappa shape index (κ3) is 2.41. The van der Waals surface area contributed by atoms with Gasteiger partial charge in [-0.25, -0.2) is 5.43 Å². The molecule has 3 N–H and O–H groups in total. The van der Waals surface area contributed by atoms with Gasteiger partial charge in [-0.2, -0.15) is 0 Å². The number of benzene rings is 1. The summed E-state index contributed by atoms with van der Waals surface area (Å²) in [4.78, 5) is 1.27. The summed E-state index contributed by atoms with van der Waals surface area (Å²) in [6.07, 6.45) is 0. The molecular formula is C14H18N2OS. The molecule has 0 spiro atoms. The molecule has 4 heteroatoms. The molecule has 1 aromatic heterocycles. The lowest BCUT2D eigenvalue weighted by molar-refractivity contribution is 0.404. The van der Waals surface area contributed by atoms with Crippen LogP contribution < -0.4 is 16.0 Å². The molecule has 96 valence electrons. The van der Waals surface area contributed by atoms with Crippen molar-refractivity contribution in [3.8, 4) is 5.75 Å². The molecule has 0 amide bonds. The van der Waals surface area contributed by atoms with E-state index in [4.69, 9.17) is 10.6 Å². The molecule has 0 radical (unpaired) electrons. The summed E-state index contributed by atoms with van der Waals surface area (Å²) in [5, 5.41) is 2.08. The number of methoxy groups -OCH3 is 1. The van der Waals surface area contributed by atoms with Gasteiger partial charge in [0.1, 0.15) is 5.75 Å². The molecule has 0 saturated heterocycles. The second-order valence-electron chi connectivity index (χ2n) is 4.28. The maximum absolute atomic E-state index is 5.74. The molecule has 1 heterocycles. The van der Waals surface area contributed by atoms with E-state index in [1.54, 1.807) is 18.4 Å². The van der Waals surface area contributed by atoms with Crippen molar-refractivity contribution in [3.05, 3.63) is 51.2 Å². The van der Waals surface area contributed by atoms with Crippen LogP contribution in [-0.2, 0) is 0 Å². The average molecular weight is 262 g/mol. The molecule has 2 aromatic rings. The number of hydrogen-bond acceptors (Lipinski definition) is 4. The van der Waals surface area contributed by atoms with Crippen LogP contribution in [0.1, 0.15) is 27.6 Å². The van der Waals surface area contributed by atoms with Crippen LogP contribution in [0.25, 0.3) is 0 Å². The Bertz CT molecular complexity index is 536. The van der Waals surface area contributed by atoms with E-state index in [9.17, 15) is 0 Å². The number of nitrogens with two attached hydrogens (primary N) is 1. The van der Waals surface area contributed by atoms with E-state index < -0.39 is 0 Å². The number of thiophene rings is 1. The maximum atomic E-state index is 5.74. The largest absolute Gasteiger partial charge is 0.496 e. The first-order chi connectivity index (χ1) is 8.67. The molecule has 0 aliphatic heterocycles. The van der Waals surface area contributed by atoms with Gasteiger partial charge in [-0.3, -0.25) is 5.84 Å². The first-order valence-electron chi connectivity index (χ1n) is 5.82. The fourth-order valence-corrected chi connectivity index (χ4v) is 2.86. The summed E-state index contributed by atoms with van der Waals surface area (Å²) in [5.41, 5.74) is 6.35. The molecule has 0 aliphatic rings. The summed E-state index contributed by atoms with van der Waals surface area (Å²) in [6.45, 7) is 4.17. The highest BCUT2D eigenvalue weighted by atomic mass is 32.1. The summed E-state index contributed by atoms with van der Waals surface area (Å²) in [5.74, 6) is 6.59. The topological polar surface area (TPSA) is 47.3 Å². The normalized spacial score (nSPS) is 12.4. The molecule has 1 aromatic carbocycles. The minimum Gasteiger partial charge on any atom is -0.496 e. The van der Waals surface area contributed by atoms with E-state index in [0.29, 0.717) is 0 Å². The van der Waals surface area contributed by atoms with Gasteiger partial charge >= 0.3 is 0 Å². The van der Waals surface area contributed by atoms with Crippen LogP contribution in [0.3, 0.4) is 0 Å². The van der Waals surface area contributed by atoms with E-state index >= 15 is 0 Å². The summed E-state index contributed by atoms with van der Waals surface area (Å²) >= 11 is 1.72. The third-order valence-corrected chi connectivity index (χ3v) is 3.93. The molecule has 1 atom stereocenters. The van der Waals surface area contributed by atoms with Gasteiger partial charge in [0.25, 0.3) is 0 Å². The van der Waals surface area contributed by atoms with Crippen LogP contribution in [0, 0.1) is 13.8 Å². The van der Waals surface area contributed by atoms with Gasteiger partial charge in [0.05, 0.1) is 13.2 Å². The maximum Gasteiger partial charge on any atom is 0.124 e. The van der Waals surface area contributed by atoms with Crippen LogP contribution in [0.5, 0.6) is 5.75 Å². The Hall–Kier alpha value is -1.36. The van der Waals surface area contributed by atoms with Crippen molar-refractivity contribution in [2.45, 2.75) is 19.9 Å². The fraction of sp³-hybridized carbons (Fsp3) is 0.286. The van der Waals surface area contributed by atoms with E-state index in [-0.39, 0.29) is 6.04 Å².